The van der Waals surface area contributed by atoms with E-state index in [4.69, 9.17) is 5.73 Å². The van der Waals surface area contributed by atoms with Crippen LogP contribution in [0.2, 0.25) is 0 Å². The Balaban J connectivity index is 1.93. The predicted octanol–water partition coefficient (Wildman–Crippen LogP) is 2.54. The highest BCUT2D eigenvalue weighted by molar-refractivity contribution is 5.68. The average molecular weight is 291 g/mol. The quantitative estimate of drug-likeness (QED) is 0.803. The van der Waals surface area contributed by atoms with Crippen molar-refractivity contribution in [1.82, 2.24) is 9.78 Å². The highest BCUT2D eigenvalue weighted by Gasteiger charge is 2.04. The van der Waals surface area contributed by atoms with Crippen molar-refractivity contribution in [2.24, 2.45) is 5.73 Å². The van der Waals surface area contributed by atoms with Gasteiger partial charge < -0.3 is 5.73 Å². The van der Waals surface area contributed by atoms with Crippen molar-refractivity contribution in [2.75, 3.05) is 6.54 Å². The van der Waals surface area contributed by atoms with Crippen LogP contribution < -0.4 is 11.3 Å². The molecule has 3 aromatic rings. The summed E-state index contributed by atoms with van der Waals surface area (Å²) >= 11 is 0. The van der Waals surface area contributed by atoms with Crippen LogP contribution in [0.1, 0.15) is 0 Å². The van der Waals surface area contributed by atoms with E-state index in [0.29, 0.717) is 13.1 Å². The standard InChI is InChI=1S/C18H17N3O/c19-12-13-21-18(22)11-10-17(20-21)16-8-6-15(7-9-16)14-4-2-1-3-5-14/h1-11H,12-13,19H2. The molecule has 0 spiro atoms. The normalized spacial score (nSPS) is 10.6. The van der Waals surface area contributed by atoms with E-state index in [1.807, 2.05) is 30.3 Å². The first kappa shape index (κ1) is 14.2. The Bertz CT molecular complexity index is 808. The van der Waals surface area contributed by atoms with Crippen LogP contribution in [0.4, 0.5) is 0 Å². The molecule has 0 aliphatic rings. The topological polar surface area (TPSA) is 60.9 Å². The lowest BCUT2D eigenvalue weighted by atomic mass is 10.0. The summed E-state index contributed by atoms with van der Waals surface area (Å²) in [5.74, 6) is 0. The summed E-state index contributed by atoms with van der Waals surface area (Å²) < 4.78 is 1.40. The van der Waals surface area contributed by atoms with Crippen LogP contribution in [0.25, 0.3) is 22.4 Å². The number of hydrogen-bond donors (Lipinski definition) is 1. The van der Waals surface area contributed by atoms with Gasteiger partial charge >= 0.3 is 0 Å². The van der Waals surface area contributed by atoms with E-state index >= 15 is 0 Å². The second kappa shape index (κ2) is 6.37. The number of aromatic nitrogens is 2. The summed E-state index contributed by atoms with van der Waals surface area (Å²) in [6.07, 6.45) is 0. The molecule has 0 bridgehead atoms. The second-order valence-corrected chi connectivity index (χ2v) is 5.01. The van der Waals surface area contributed by atoms with E-state index in [1.54, 1.807) is 6.07 Å². The van der Waals surface area contributed by atoms with E-state index < -0.39 is 0 Å². The van der Waals surface area contributed by atoms with Gasteiger partial charge in [-0.05, 0) is 17.2 Å². The van der Waals surface area contributed by atoms with Crippen LogP contribution in [-0.4, -0.2) is 16.3 Å². The molecule has 3 rings (SSSR count). The van der Waals surface area contributed by atoms with Crippen molar-refractivity contribution in [3.63, 3.8) is 0 Å². The highest BCUT2D eigenvalue weighted by Crippen LogP contribution is 2.23. The lowest BCUT2D eigenvalue weighted by Gasteiger charge is -2.07. The summed E-state index contributed by atoms with van der Waals surface area (Å²) in [6.45, 7) is 0.818. The Morgan fingerprint density at radius 1 is 0.818 bits per heavy atom. The van der Waals surface area contributed by atoms with E-state index in [2.05, 4.69) is 29.4 Å². The maximum atomic E-state index is 11.7. The molecule has 4 nitrogen and oxygen atoms in total. The Morgan fingerprint density at radius 3 is 2.14 bits per heavy atom. The fourth-order valence-electron chi connectivity index (χ4n) is 2.35. The van der Waals surface area contributed by atoms with Gasteiger partial charge in [-0.25, -0.2) is 4.68 Å². The zero-order chi connectivity index (χ0) is 15.4. The van der Waals surface area contributed by atoms with Crippen LogP contribution in [0.15, 0.2) is 71.5 Å². The molecule has 0 amide bonds. The van der Waals surface area contributed by atoms with Gasteiger partial charge in [0.15, 0.2) is 0 Å². The number of hydrogen-bond acceptors (Lipinski definition) is 3. The molecule has 0 saturated heterocycles. The molecule has 110 valence electrons. The second-order valence-electron chi connectivity index (χ2n) is 5.01. The molecule has 22 heavy (non-hydrogen) atoms. The molecule has 0 aliphatic heterocycles. The Morgan fingerprint density at radius 2 is 1.45 bits per heavy atom. The van der Waals surface area contributed by atoms with Crippen molar-refractivity contribution < 1.29 is 0 Å². The molecule has 0 fully saturated rings. The summed E-state index contributed by atoms with van der Waals surface area (Å²) in [7, 11) is 0. The third-order valence-electron chi connectivity index (χ3n) is 3.50. The lowest BCUT2D eigenvalue weighted by molar-refractivity contribution is 0.590. The van der Waals surface area contributed by atoms with Gasteiger partial charge in [0.2, 0.25) is 0 Å². The molecule has 0 unspecified atom stereocenters. The van der Waals surface area contributed by atoms with Crippen molar-refractivity contribution in [3.8, 4) is 22.4 Å². The molecule has 2 aromatic carbocycles. The minimum atomic E-state index is -0.130. The minimum Gasteiger partial charge on any atom is -0.329 e. The van der Waals surface area contributed by atoms with Crippen molar-refractivity contribution in [1.29, 1.82) is 0 Å². The number of rotatable bonds is 4. The first-order chi connectivity index (χ1) is 10.8. The SMILES string of the molecule is NCCn1nc(-c2ccc(-c3ccccc3)cc2)ccc1=O. The summed E-state index contributed by atoms with van der Waals surface area (Å²) in [5, 5.41) is 4.36. The molecule has 0 aliphatic carbocycles. The summed E-state index contributed by atoms with van der Waals surface area (Å²) in [6, 6.07) is 21.6. The van der Waals surface area contributed by atoms with E-state index in [1.165, 1.54) is 16.3 Å². The molecule has 0 atom stereocenters. The lowest BCUT2D eigenvalue weighted by Crippen LogP contribution is -2.25. The first-order valence-electron chi connectivity index (χ1n) is 7.22. The summed E-state index contributed by atoms with van der Waals surface area (Å²) in [5.41, 5.74) is 9.45. The predicted molar refractivity (Wildman–Crippen MR) is 88.4 cm³/mol. The highest BCUT2D eigenvalue weighted by atomic mass is 16.1. The van der Waals surface area contributed by atoms with Gasteiger partial charge in [0.1, 0.15) is 0 Å². The van der Waals surface area contributed by atoms with Gasteiger partial charge in [-0.1, -0.05) is 54.6 Å². The van der Waals surface area contributed by atoms with Crippen molar-refractivity contribution in [2.45, 2.75) is 6.54 Å². The van der Waals surface area contributed by atoms with Crippen molar-refractivity contribution >= 4 is 0 Å². The third-order valence-corrected chi connectivity index (χ3v) is 3.50. The fraction of sp³-hybridized carbons (Fsp3) is 0.111. The first-order valence-corrected chi connectivity index (χ1v) is 7.22. The Labute approximate surface area is 128 Å². The van der Waals surface area contributed by atoms with Gasteiger partial charge in [0.05, 0.1) is 12.2 Å². The molecule has 2 N–H and O–H groups in total. The third kappa shape index (κ3) is 2.97. The fourth-order valence-corrected chi connectivity index (χ4v) is 2.35. The average Bonchev–Trinajstić information content (AvgIpc) is 2.58. The molecule has 4 heteroatoms. The van der Waals surface area contributed by atoms with Crippen LogP contribution in [-0.2, 0) is 6.54 Å². The summed E-state index contributed by atoms with van der Waals surface area (Å²) in [4.78, 5) is 11.7. The van der Waals surface area contributed by atoms with E-state index in [9.17, 15) is 4.79 Å². The van der Waals surface area contributed by atoms with Gasteiger partial charge in [-0.3, -0.25) is 4.79 Å². The Hall–Kier alpha value is -2.72. The number of nitrogens with zero attached hydrogens (tertiary/aromatic N) is 2. The monoisotopic (exact) mass is 291 g/mol. The molecule has 1 aromatic heterocycles. The van der Waals surface area contributed by atoms with Crippen molar-refractivity contribution in [3.05, 3.63) is 77.1 Å². The van der Waals surface area contributed by atoms with Gasteiger partial charge in [-0.15, -0.1) is 0 Å². The Kier molecular flexibility index (Phi) is 4.12. The molecular weight excluding hydrogens is 274 g/mol. The van der Waals surface area contributed by atoms with Crippen LogP contribution >= 0.6 is 0 Å². The van der Waals surface area contributed by atoms with Gasteiger partial charge in [0.25, 0.3) is 5.56 Å². The van der Waals surface area contributed by atoms with Gasteiger partial charge in [-0.2, -0.15) is 5.10 Å². The van der Waals surface area contributed by atoms with Crippen LogP contribution in [0.3, 0.4) is 0 Å². The molecular formula is C18H17N3O. The molecule has 0 radical (unpaired) electrons. The maximum absolute atomic E-state index is 11.7. The number of nitrogens with two attached hydrogens (primary N) is 1. The molecule has 0 saturated carbocycles. The van der Waals surface area contributed by atoms with Crippen LogP contribution in [0.5, 0.6) is 0 Å². The van der Waals surface area contributed by atoms with Gasteiger partial charge in [0, 0.05) is 18.2 Å². The maximum Gasteiger partial charge on any atom is 0.266 e. The van der Waals surface area contributed by atoms with E-state index in [0.717, 1.165) is 16.8 Å². The molecule has 1 heterocycles. The zero-order valence-electron chi connectivity index (χ0n) is 12.1. The smallest absolute Gasteiger partial charge is 0.266 e. The number of benzene rings is 2. The van der Waals surface area contributed by atoms with Crippen LogP contribution in [0, 0.1) is 0 Å². The largest absolute Gasteiger partial charge is 0.329 e. The van der Waals surface area contributed by atoms with E-state index in [-0.39, 0.29) is 5.56 Å². The zero-order valence-corrected chi connectivity index (χ0v) is 12.1. The minimum absolute atomic E-state index is 0.130.